The molecule has 1 aliphatic heterocycles. The normalized spacial score (nSPS) is 19.9. The minimum atomic E-state index is -0.239. The van der Waals surface area contributed by atoms with Gasteiger partial charge in [0, 0.05) is 13.1 Å². The van der Waals surface area contributed by atoms with Gasteiger partial charge in [-0.15, -0.1) is 0 Å². The smallest absolute Gasteiger partial charge is 0.120 e. The van der Waals surface area contributed by atoms with Crippen LogP contribution < -0.4 is 9.47 Å². The van der Waals surface area contributed by atoms with E-state index in [1.165, 1.54) is 0 Å². The lowest BCUT2D eigenvalue weighted by molar-refractivity contribution is 0.0863. The number of likely N-dealkylation sites (tertiary alicyclic amines) is 1. The quantitative estimate of drug-likeness (QED) is 0.791. The molecule has 0 bridgehead atoms. The minimum absolute atomic E-state index is 0.192. The Morgan fingerprint density at radius 3 is 2.50 bits per heavy atom. The summed E-state index contributed by atoms with van der Waals surface area (Å²) in [6.07, 6.45) is 2.99. The van der Waals surface area contributed by atoms with Gasteiger partial charge in [0.05, 0.1) is 6.67 Å². The van der Waals surface area contributed by atoms with E-state index < -0.39 is 0 Å². The van der Waals surface area contributed by atoms with Gasteiger partial charge in [0.25, 0.3) is 0 Å². The van der Waals surface area contributed by atoms with Gasteiger partial charge in [0.15, 0.2) is 0 Å². The fraction of sp³-hybridized carbons (Fsp3) is 0.667. The van der Waals surface area contributed by atoms with Gasteiger partial charge in [-0.05, 0) is 70.8 Å². The van der Waals surface area contributed by atoms with Crippen molar-refractivity contribution in [3.8, 4) is 11.5 Å². The lowest BCUT2D eigenvalue weighted by Crippen LogP contribution is -2.41. The van der Waals surface area contributed by atoms with Crippen molar-refractivity contribution in [2.24, 2.45) is 0 Å². The zero-order chi connectivity index (χ0) is 16.0. The van der Waals surface area contributed by atoms with Crippen LogP contribution in [0.3, 0.4) is 0 Å². The van der Waals surface area contributed by atoms with Crippen LogP contribution in [0.15, 0.2) is 24.3 Å². The average molecular weight is 309 g/mol. The lowest BCUT2D eigenvalue weighted by Gasteiger charge is -2.32. The Balaban J connectivity index is 1.85. The second kappa shape index (κ2) is 7.82. The predicted molar refractivity (Wildman–Crippen MR) is 87.5 cm³/mol. The zero-order valence-electron chi connectivity index (χ0n) is 14.0. The molecule has 2 rings (SSSR count). The number of benzene rings is 1. The highest BCUT2D eigenvalue weighted by Gasteiger charge is 2.21. The largest absolute Gasteiger partial charge is 0.489 e. The summed E-state index contributed by atoms with van der Waals surface area (Å²) in [6, 6.07) is 7.82. The van der Waals surface area contributed by atoms with E-state index in [2.05, 4.69) is 4.90 Å². The third-order valence-electron chi connectivity index (χ3n) is 3.62. The van der Waals surface area contributed by atoms with E-state index >= 15 is 0 Å². The van der Waals surface area contributed by atoms with Crippen LogP contribution in [-0.2, 0) is 0 Å². The molecular weight excluding hydrogens is 281 g/mol. The average Bonchev–Trinajstić information content (AvgIpc) is 2.46. The van der Waals surface area contributed by atoms with E-state index in [-0.39, 0.29) is 18.4 Å². The van der Waals surface area contributed by atoms with Crippen molar-refractivity contribution in [1.82, 2.24) is 4.90 Å². The van der Waals surface area contributed by atoms with E-state index in [4.69, 9.17) is 9.47 Å². The molecule has 22 heavy (non-hydrogen) atoms. The van der Waals surface area contributed by atoms with Crippen molar-refractivity contribution in [2.45, 2.75) is 51.7 Å². The third kappa shape index (κ3) is 5.84. The first-order valence-electron chi connectivity index (χ1n) is 8.20. The van der Waals surface area contributed by atoms with Crippen molar-refractivity contribution in [2.75, 3.05) is 26.3 Å². The Bertz CT molecular complexity index is 441. The van der Waals surface area contributed by atoms with Gasteiger partial charge in [0.2, 0.25) is 0 Å². The summed E-state index contributed by atoms with van der Waals surface area (Å²) in [5.41, 5.74) is -0.192. The van der Waals surface area contributed by atoms with Crippen molar-refractivity contribution in [3.63, 3.8) is 0 Å². The van der Waals surface area contributed by atoms with Gasteiger partial charge >= 0.3 is 0 Å². The summed E-state index contributed by atoms with van der Waals surface area (Å²) in [5, 5.41) is 0. The van der Waals surface area contributed by atoms with Crippen molar-refractivity contribution in [3.05, 3.63) is 24.3 Å². The number of nitrogens with zero attached hydrogens (tertiary/aromatic N) is 1. The van der Waals surface area contributed by atoms with Crippen LogP contribution >= 0.6 is 0 Å². The molecular formula is C18H28FNO2. The van der Waals surface area contributed by atoms with Crippen LogP contribution in [0.4, 0.5) is 4.39 Å². The monoisotopic (exact) mass is 309 g/mol. The second-order valence-corrected chi connectivity index (χ2v) is 6.91. The van der Waals surface area contributed by atoms with Crippen LogP contribution in [0.5, 0.6) is 11.5 Å². The molecule has 1 atom stereocenters. The number of hydrogen-bond acceptors (Lipinski definition) is 3. The fourth-order valence-corrected chi connectivity index (χ4v) is 2.73. The van der Waals surface area contributed by atoms with Crippen molar-refractivity contribution >= 4 is 0 Å². The Labute approximate surface area is 133 Å². The summed E-state index contributed by atoms with van der Waals surface area (Å²) < 4.78 is 24.1. The van der Waals surface area contributed by atoms with Crippen molar-refractivity contribution < 1.29 is 13.9 Å². The van der Waals surface area contributed by atoms with E-state index in [0.29, 0.717) is 6.42 Å². The maximum atomic E-state index is 12.3. The molecule has 0 radical (unpaired) electrons. The highest BCUT2D eigenvalue weighted by molar-refractivity contribution is 5.31. The van der Waals surface area contributed by atoms with Gasteiger partial charge in [-0.25, -0.2) is 0 Å². The number of piperidine rings is 1. The molecule has 1 fully saturated rings. The molecule has 0 amide bonds. The Hall–Kier alpha value is -1.29. The molecule has 1 saturated heterocycles. The molecule has 1 aromatic carbocycles. The predicted octanol–water partition coefficient (Wildman–Crippen LogP) is 4.07. The Morgan fingerprint density at radius 2 is 1.86 bits per heavy atom. The van der Waals surface area contributed by atoms with E-state index in [1.54, 1.807) is 0 Å². The van der Waals surface area contributed by atoms with Crippen LogP contribution in [0.1, 0.15) is 40.0 Å². The zero-order valence-corrected chi connectivity index (χ0v) is 14.0. The molecule has 1 heterocycles. The van der Waals surface area contributed by atoms with Crippen LogP contribution in [-0.4, -0.2) is 42.9 Å². The second-order valence-electron chi connectivity index (χ2n) is 6.91. The first kappa shape index (κ1) is 17.1. The molecule has 4 heteroatoms. The molecule has 1 unspecified atom stereocenters. The number of alkyl halides is 1. The van der Waals surface area contributed by atoms with E-state index in [0.717, 1.165) is 44.0 Å². The number of halogens is 1. The Kier molecular flexibility index (Phi) is 6.07. The number of rotatable bonds is 6. The minimum Gasteiger partial charge on any atom is -0.489 e. The van der Waals surface area contributed by atoms with Gasteiger partial charge in [-0.3, -0.25) is 9.29 Å². The van der Waals surface area contributed by atoms with Gasteiger partial charge in [0.1, 0.15) is 23.2 Å². The molecule has 0 aromatic heterocycles. The molecule has 1 aliphatic rings. The van der Waals surface area contributed by atoms with E-state index in [9.17, 15) is 4.39 Å². The molecule has 124 valence electrons. The van der Waals surface area contributed by atoms with Gasteiger partial charge in [-0.2, -0.15) is 0 Å². The Morgan fingerprint density at radius 1 is 1.18 bits per heavy atom. The highest BCUT2D eigenvalue weighted by atomic mass is 19.1. The summed E-state index contributed by atoms with van der Waals surface area (Å²) >= 11 is 0. The molecule has 0 aliphatic carbocycles. The first-order valence-corrected chi connectivity index (χ1v) is 8.20. The topological polar surface area (TPSA) is 21.7 Å². The maximum Gasteiger partial charge on any atom is 0.120 e. The summed E-state index contributed by atoms with van der Waals surface area (Å²) in [7, 11) is 0. The van der Waals surface area contributed by atoms with Crippen LogP contribution in [0.2, 0.25) is 0 Å². The summed E-state index contributed by atoms with van der Waals surface area (Å²) in [4.78, 5) is 2.30. The molecule has 0 N–H and O–H groups in total. The van der Waals surface area contributed by atoms with Gasteiger partial charge in [-0.1, -0.05) is 0 Å². The molecule has 1 aromatic rings. The highest BCUT2D eigenvalue weighted by Crippen LogP contribution is 2.24. The van der Waals surface area contributed by atoms with Crippen LogP contribution in [0, 0.1) is 0 Å². The molecule has 0 spiro atoms. The standard InChI is InChI=1S/C18H28FNO2/c1-18(2,3)22-16-9-7-15(8-10-16)21-17-6-4-12-20(14-17)13-5-11-19/h7-10,17H,4-6,11-14H2,1-3H3. The molecule has 3 nitrogen and oxygen atoms in total. The number of ether oxygens (including phenoxy) is 2. The number of hydrogen-bond donors (Lipinski definition) is 0. The van der Waals surface area contributed by atoms with Crippen LogP contribution in [0.25, 0.3) is 0 Å². The fourth-order valence-electron chi connectivity index (χ4n) is 2.73. The lowest BCUT2D eigenvalue weighted by atomic mass is 10.1. The SMILES string of the molecule is CC(C)(C)Oc1ccc(OC2CCCN(CCCF)C2)cc1. The summed E-state index contributed by atoms with van der Waals surface area (Å²) in [5.74, 6) is 1.73. The van der Waals surface area contributed by atoms with E-state index in [1.807, 2.05) is 45.0 Å². The van der Waals surface area contributed by atoms with Crippen molar-refractivity contribution in [1.29, 1.82) is 0 Å². The summed E-state index contributed by atoms with van der Waals surface area (Å²) in [6.45, 7) is 8.63. The molecule has 0 saturated carbocycles. The van der Waals surface area contributed by atoms with Gasteiger partial charge < -0.3 is 9.47 Å². The first-order chi connectivity index (χ1) is 10.5. The maximum absolute atomic E-state index is 12.3. The third-order valence-corrected chi connectivity index (χ3v) is 3.62.